The Morgan fingerprint density at radius 1 is 1.33 bits per heavy atom. The van der Waals surface area contributed by atoms with Gasteiger partial charge in [-0.3, -0.25) is 9.69 Å². The van der Waals surface area contributed by atoms with Gasteiger partial charge in [-0.25, -0.2) is 4.79 Å². The molecule has 0 saturated carbocycles. The number of Topliss-reactive ketones (excluding diaryl/α,β-unsaturated/α-hetero) is 1. The number of rotatable bonds is 1. The number of carbonyl (C=O) groups is 2. The molecule has 0 fully saturated rings. The second-order valence-corrected chi connectivity index (χ2v) is 6.21. The van der Waals surface area contributed by atoms with Gasteiger partial charge in [0.15, 0.2) is 5.78 Å². The number of amides is 1. The van der Waals surface area contributed by atoms with Crippen molar-refractivity contribution < 1.29 is 19.1 Å². The van der Waals surface area contributed by atoms with Crippen molar-refractivity contribution in [1.82, 2.24) is 0 Å². The molecule has 0 radical (unpaired) electrons. The van der Waals surface area contributed by atoms with E-state index in [4.69, 9.17) is 9.47 Å². The van der Waals surface area contributed by atoms with Crippen molar-refractivity contribution in [2.24, 2.45) is 0 Å². The first kappa shape index (κ1) is 15.4. The van der Waals surface area contributed by atoms with E-state index in [9.17, 15) is 9.59 Å². The van der Waals surface area contributed by atoms with Gasteiger partial charge in [0.25, 0.3) is 0 Å². The summed E-state index contributed by atoms with van der Waals surface area (Å²) in [6.45, 7) is 7.29. The Hall–Kier alpha value is -2.04. The minimum Gasteiger partial charge on any atom is -0.497 e. The standard InChI is InChI=1S/C16H21NO4/c1-10-8-14(18)12-7-6-11(20-5)9-13(12)17(10)15(19)21-16(2,3)4/h6-7,9-10H,8H2,1-5H3/t10-/m1/s1. The molecule has 0 N–H and O–H groups in total. The lowest BCUT2D eigenvalue weighted by atomic mass is 9.95. The van der Waals surface area contributed by atoms with E-state index in [1.54, 1.807) is 25.3 Å². The molecule has 5 heteroatoms. The lowest BCUT2D eigenvalue weighted by Crippen LogP contribution is -2.46. The van der Waals surface area contributed by atoms with Crippen molar-refractivity contribution in [3.63, 3.8) is 0 Å². The number of ether oxygens (including phenoxy) is 2. The third-order valence-electron chi connectivity index (χ3n) is 3.28. The normalized spacial score (nSPS) is 18.2. The first-order valence-corrected chi connectivity index (χ1v) is 6.96. The van der Waals surface area contributed by atoms with E-state index in [-0.39, 0.29) is 11.8 Å². The summed E-state index contributed by atoms with van der Waals surface area (Å²) in [5.41, 5.74) is 0.490. The first-order valence-electron chi connectivity index (χ1n) is 6.96. The van der Waals surface area contributed by atoms with Crippen LogP contribution < -0.4 is 9.64 Å². The molecular weight excluding hydrogens is 270 g/mol. The van der Waals surface area contributed by atoms with Crippen molar-refractivity contribution >= 4 is 17.6 Å². The molecule has 21 heavy (non-hydrogen) atoms. The summed E-state index contributed by atoms with van der Waals surface area (Å²) in [7, 11) is 1.55. The zero-order valence-corrected chi connectivity index (χ0v) is 13.1. The monoisotopic (exact) mass is 291 g/mol. The van der Waals surface area contributed by atoms with Gasteiger partial charge in [-0.05, 0) is 39.8 Å². The number of ketones is 1. The zero-order valence-electron chi connectivity index (χ0n) is 13.1. The van der Waals surface area contributed by atoms with E-state index in [1.807, 2.05) is 27.7 Å². The van der Waals surface area contributed by atoms with Gasteiger partial charge < -0.3 is 9.47 Å². The molecular formula is C16H21NO4. The SMILES string of the molecule is COc1ccc2c(c1)N(C(=O)OC(C)(C)C)[C@H](C)CC2=O. The number of hydrogen-bond acceptors (Lipinski definition) is 4. The van der Waals surface area contributed by atoms with Crippen LogP contribution in [0.2, 0.25) is 0 Å². The van der Waals surface area contributed by atoms with Crippen LogP contribution in [0.25, 0.3) is 0 Å². The van der Waals surface area contributed by atoms with Crippen molar-refractivity contribution in [3.8, 4) is 5.75 Å². The van der Waals surface area contributed by atoms with Crippen LogP contribution in [-0.2, 0) is 4.74 Å². The lowest BCUT2D eigenvalue weighted by Gasteiger charge is -2.35. The Morgan fingerprint density at radius 2 is 2.00 bits per heavy atom. The van der Waals surface area contributed by atoms with Crippen LogP contribution in [0.4, 0.5) is 10.5 Å². The lowest BCUT2D eigenvalue weighted by molar-refractivity contribution is 0.0563. The quantitative estimate of drug-likeness (QED) is 0.795. The molecule has 2 rings (SSSR count). The van der Waals surface area contributed by atoms with Gasteiger partial charge in [0, 0.05) is 24.1 Å². The fraction of sp³-hybridized carbons (Fsp3) is 0.500. The van der Waals surface area contributed by atoms with Crippen LogP contribution in [0.5, 0.6) is 5.75 Å². The molecule has 0 unspecified atom stereocenters. The molecule has 1 aromatic carbocycles. The van der Waals surface area contributed by atoms with Gasteiger partial charge in [0.2, 0.25) is 0 Å². The number of nitrogens with zero attached hydrogens (tertiary/aromatic N) is 1. The van der Waals surface area contributed by atoms with Crippen molar-refractivity contribution in [2.75, 3.05) is 12.0 Å². The molecule has 1 atom stereocenters. The van der Waals surface area contributed by atoms with Gasteiger partial charge in [-0.15, -0.1) is 0 Å². The summed E-state index contributed by atoms with van der Waals surface area (Å²) < 4.78 is 10.6. The van der Waals surface area contributed by atoms with E-state index in [0.29, 0.717) is 23.4 Å². The van der Waals surface area contributed by atoms with E-state index in [2.05, 4.69) is 0 Å². The Kier molecular flexibility index (Phi) is 3.94. The summed E-state index contributed by atoms with van der Waals surface area (Å²) in [5, 5.41) is 0. The minimum absolute atomic E-state index is 0.0277. The summed E-state index contributed by atoms with van der Waals surface area (Å²) >= 11 is 0. The van der Waals surface area contributed by atoms with Gasteiger partial charge in [-0.1, -0.05) is 0 Å². The van der Waals surface area contributed by atoms with E-state index in [1.165, 1.54) is 4.90 Å². The van der Waals surface area contributed by atoms with Gasteiger partial charge in [-0.2, -0.15) is 0 Å². The maximum Gasteiger partial charge on any atom is 0.415 e. The number of benzene rings is 1. The average Bonchev–Trinajstić information content (AvgIpc) is 2.35. The van der Waals surface area contributed by atoms with Crippen LogP contribution in [0, 0.1) is 0 Å². The van der Waals surface area contributed by atoms with Crippen LogP contribution in [0.15, 0.2) is 18.2 Å². The maximum absolute atomic E-state index is 12.4. The smallest absolute Gasteiger partial charge is 0.415 e. The van der Waals surface area contributed by atoms with Gasteiger partial charge in [0.05, 0.1) is 12.8 Å². The van der Waals surface area contributed by atoms with Gasteiger partial charge in [0.1, 0.15) is 11.4 Å². The molecule has 1 aliphatic rings. The highest BCUT2D eigenvalue weighted by Crippen LogP contribution is 2.34. The highest BCUT2D eigenvalue weighted by Gasteiger charge is 2.35. The van der Waals surface area contributed by atoms with E-state index in [0.717, 1.165) is 0 Å². The predicted molar refractivity (Wildman–Crippen MR) is 80.1 cm³/mol. The number of fused-ring (bicyclic) bond motifs is 1. The number of methoxy groups -OCH3 is 1. The molecule has 1 aliphatic heterocycles. The fourth-order valence-corrected chi connectivity index (χ4v) is 2.37. The number of anilines is 1. The van der Waals surface area contributed by atoms with Crippen LogP contribution in [0.3, 0.4) is 0 Å². The molecule has 114 valence electrons. The fourth-order valence-electron chi connectivity index (χ4n) is 2.37. The van der Waals surface area contributed by atoms with Crippen molar-refractivity contribution in [2.45, 2.75) is 45.8 Å². The molecule has 0 saturated heterocycles. The molecule has 0 spiro atoms. The highest BCUT2D eigenvalue weighted by atomic mass is 16.6. The molecule has 1 heterocycles. The summed E-state index contributed by atoms with van der Waals surface area (Å²) in [4.78, 5) is 26.1. The van der Waals surface area contributed by atoms with Crippen LogP contribution >= 0.6 is 0 Å². The summed E-state index contributed by atoms with van der Waals surface area (Å²) in [5.74, 6) is 0.629. The predicted octanol–water partition coefficient (Wildman–Crippen LogP) is 3.41. The Labute approximate surface area is 124 Å². The van der Waals surface area contributed by atoms with Crippen LogP contribution in [0.1, 0.15) is 44.5 Å². The molecule has 5 nitrogen and oxygen atoms in total. The number of carbonyl (C=O) groups excluding carboxylic acids is 2. The molecule has 1 amide bonds. The summed E-state index contributed by atoms with van der Waals surface area (Å²) in [6.07, 6.45) is -0.157. The summed E-state index contributed by atoms with van der Waals surface area (Å²) in [6, 6.07) is 4.87. The Balaban J connectivity index is 2.44. The molecule has 0 aliphatic carbocycles. The van der Waals surface area contributed by atoms with E-state index >= 15 is 0 Å². The third-order valence-corrected chi connectivity index (χ3v) is 3.28. The van der Waals surface area contributed by atoms with Crippen molar-refractivity contribution in [3.05, 3.63) is 23.8 Å². The molecule has 0 aromatic heterocycles. The largest absolute Gasteiger partial charge is 0.497 e. The Morgan fingerprint density at radius 3 is 2.57 bits per heavy atom. The highest BCUT2D eigenvalue weighted by molar-refractivity contribution is 6.08. The van der Waals surface area contributed by atoms with Crippen LogP contribution in [-0.4, -0.2) is 30.6 Å². The topological polar surface area (TPSA) is 55.8 Å². The third kappa shape index (κ3) is 3.17. The van der Waals surface area contributed by atoms with E-state index < -0.39 is 11.7 Å². The minimum atomic E-state index is -0.586. The second-order valence-electron chi connectivity index (χ2n) is 6.21. The van der Waals surface area contributed by atoms with Gasteiger partial charge >= 0.3 is 6.09 Å². The number of hydrogen-bond donors (Lipinski definition) is 0. The average molecular weight is 291 g/mol. The van der Waals surface area contributed by atoms with Crippen molar-refractivity contribution in [1.29, 1.82) is 0 Å². The first-order chi connectivity index (χ1) is 9.73. The molecule has 0 bridgehead atoms. The molecule has 1 aromatic rings. The maximum atomic E-state index is 12.4. The second kappa shape index (κ2) is 5.39. The zero-order chi connectivity index (χ0) is 15.8. The Bertz CT molecular complexity index is 574.